The summed E-state index contributed by atoms with van der Waals surface area (Å²) in [6.45, 7) is 13.7. The maximum Gasteiger partial charge on any atom is 0.0750 e. The Labute approximate surface area is 89.4 Å². The summed E-state index contributed by atoms with van der Waals surface area (Å²) in [5.74, 6) is 0.787. The highest BCUT2D eigenvalue weighted by Gasteiger charge is 2.16. The minimum absolute atomic E-state index is 0.0208. The first-order chi connectivity index (χ1) is 6.48. The zero-order valence-corrected chi connectivity index (χ0v) is 10.5. The van der Waals surface area contributed by atoms with Gasteiger partial charge in [-0.15, -0.1) is 0 Å². The van der Waals surface area contributed by atoms with Crippen molar-refractivity contribution < 1.29 is 4.74 Å². The van der Waals surface area contributed by atoms with Gasteiger partial charge in [0.05, 0.1) is 5.60 Å². The molecule has 2 heteroatoms. The zero-order valence-electron chi connectivity index (χ0n) is 10.5. The van der Waals surface area contributed by atoms with Gasteiger partial charge in [-0.1, -0.05) is 20.8 Å². The number of likely N-dealkylation sites (N-methyl/N-ethyl adjacent to an activating group) is 1. The number of hydrogen-bond donors (Lipinski definition) is 1. The molecule has 0 fully saturated rings. The highest BCUT2D eigenvalue weighted by atomic mass is 16.5. The van der Waals surface area contributed by atoms with E-state index >= 15 is 0 Å². The van der Waals surface area contributed by atoms with Crippen LogP contribution < -0.4 is 5.32 Å². The molecule has 0 atom stereocenters. The molecule has 0 amide bonds. The summed E-state index contributed by atoms with van der Waals surface area (Å²) >= 11 is 0. The summed E-state index contributed by atoms with van der Waals surface area (Å²) in [5, 5.41) is 3.31. The first-order valence-corrected chi connectivity index (χ1v) is 5.82. The lowest BCUT2D eigenvalue weighted by Crippen LogP contribution is -2.37. The van der Waals surface area contributed by atoms with E-state index in [1.54, 1.807) is 0 Å². The topological polar surface area (TPSA) is 21.3 Å². The van der Waals surface area contributed by atoms with Crippen molar-refractivity contribution in [3.8, 4) is 0 Å². The summed E-state index contributed by atoms with van der Waals surface area (Å²) in [6.07, 6.45) is 2.44. The van der Waals surface area contributed by atoms with Crippen LogP contribution in [0.2, 0.25) is 0 Å². The van der Waals surface area contributed by atoms with E-state index in [-0.39, 0.29) is 5.60 Å². The maximum atomic E-state index is 5.82. The molecular formula is C12H27NO. The Morgan fingerprint density at radius 3 is 2.43 bits per heavy atom. The van der Waals surface area contributed by atoms with Crippen molar-refractivity contribution in [3.63, 3.8) is 0 Å². The third kappa shape index (κ3) is 8.52. The fourth-order valence-corrected chi connectivity index (χ4v) is 1.32. The second-order valence-corrected chi connectivity index (χ2v) is 4.92. The van der Waals surface area contributed by atoms with Gasteiger partial charge >= 0.3 is 0 Å². The zero-order chi connectivity index (χ0) is 11.0. The quantitative estimate of drug-likeness (QED) is 0.610. The van der Waals surface area contributed by atoms with Crippen molar-refractivity contribution in [1.82, 2.24) is 5.32 Å². The van der Waals surface area contributed by atoms with Crippen LogP contribution >= 0.6 is 0 Å². The third-order valence-electron chi connectivity index (χ3n) is 2.22. The molecule has 0 bridgehead atoms. The molecule has 0 aliphatic rings. The predicted molar refractivity (Wildman–Crippen MR) is 62.6 cm³/mol. The van der Waals surface area contributed by atoms with Crippen LogP contribution in [0.4, 0.5) is 0 Å². The molecule has 0 aliphatic carbocycles. The van der Waals surface area contributed by atoms with Crippen molar-refractivity contribution in [2.75, 3.05) is 19.7 Å². The molecule has 0 radical (unpaired) electrons. The van der Waals surface area contributed by atoms with Gasteiger partial charge in [-0.25, -0.2) is 0 Å². The van der Waals surface area contributed by atoms with Crippen molar-refractivity contribution in [2.45, 2.75) is 53.1 Å². The van der Waals surface area contributed by atoms with Gasteiger partial charge in [0.1, 0.15) is 0 Å². The van der Waals surface area contributed by atoms with E-state index in [1.165, 1.54) is 12.8 Å². The molecule has 0 aromatic rings. The number of nitrogens with one attached hydrogen (secondary N) is 1. The molecule has 0 spiro atoms. The Kier molecular flexibility index (Phi) is 7.20. The molecule has 0 saturated heterocycles. The highest BCUT2D eigenvalue weighted by molar-refractivity contribution is 4.71. The first-order valence-electron chi connectivity index (χ1n) is 5.82. The summed E-state index contributed by atoms with van der Waals surface area (Å²) < 4.78 is 5.82. The van der Waals surface area contributed by atoms with Gasteiger partial charge in [0.15, 0.2) is 0 Å². The predicted octanol–water partition coefficient (Wildman–Crippen LogP) is 2.83. The lowest BCUT2D eigenvalue weighted by molar-refractivity contribution is -0.0184. The number of hydrogen-bond acceptors (Lipinski definition) is 2. The van der Waals surface area contributed by atoms with Crippen LogP contribution in [0.1, 0.15) is 47.5 Å². The van der Waals surface area contributed by atoms with Gasteiger partial charge < -0.3 is 10.1 Å². The lowest BCUT2D eigenvalue weighted by atomic mass is 10.1. The second kappa shape index (κ2) is 7.24. The van der Waals surface area contributed by atoms with Crippen LogP contribution in [-0.2, 0) is 4.74 Å². The van der Waals surface area contributed by atoms with Gasteiger partial charge in [0.25, 0.3) is 0 Å². The molecule has 0 aliphatic heterocycles. The van der Waals surface area contributed by atoms with Crippen molar-refractivity contribution in [2.24, 2.45) is 5.92 Å². The summed E-state index contributed by atoms with van der Waals surface area (Å²) in [4.78, 5) is 0. The Morgan fingerprint density at radius 1 is 1.29 bits per heavy atom. The van der Waals surface area contributed by atoms with Gasteiger partial charge in [-0.05, 0) is 39.2 Å². The number of ether oxygens (including phenoxy) is 1. The Morgan fingerprint density at radius 2 is 1.93 bits per heavy atom. The monoisotopic (exact) mass is 201 g/mol. The average molecular weight is 201 g/mol. The molecule has 0 heterocycles. The molecule has 2 nitrogen and oxygen atoms in total. The molecule has 0 unspecified atom stereocenters. The molecule has 1 N–H and O–H groups in total. The van der Waals surface area contributed by atoms with Gasteiger partial charge in [-0.3, -0.25) is 0 Å². The SMILES string of the molecule is CCNCC(C)(C)OCCCC(C)C. The summed E-state index contributed by atoms with van der Waals surface area (Å²) in [7, 11) is 0. The van der Waals surface area contributed by atoms with E-state index in [0.717, 1.165) is 25.6 Å². The van der Waals surface area contributed by atoms with Crippen molar-refractivity contribution in [3.05, 3.63) is 0 Å². The van der Waals surface area contributed by atoms with Crippen LogP contribution in [0.5, 0.6) is 0 Å². The van der Waals surface area contributed by atoms with Crippen LogP contribution in [-0.4, -0.2) is 25.3 Å². The lowest BCUT2D eigenvalue weighted by Gasteiger charge is -2.25. The smallest absolute Gasteiger partial charge is 0.0750 e. The van der Waals surface area contributed by atoms with E-state index < -0.39 is 0 Å². The van der Waals surface area contributed by atoms with Crippen molar-refractivity contribution in [1.29, 1.82) is 0 Å². The number of rotatable bonds is 8. The highest BCUT2D eigenvalue weighted by Crippen LogP contribution is 2.10. The molecular weight excluding hydrogens is 174 g/mol. The van der Waals surface area contributed by atoms with E-state index in [0.29, 0.717) is 0 Å². The molecule has 14 heavy (non-hydrogen) atoms. The van der Waals surface area contributed by atoms with E-state index in [1.807, 2.05) is 0 Å². The largest absolute Gasteiger partial charge is 0.374 e. The van der Waals surface area contributed by atoms with Crippen LogP contribution in [0, 0.1) is 5.92 Å². The fourth-order valence-electron chi connectivity index (χ4n) is 1.32. The Balaban J connectivity index is 3.44. The molecule has 0 aromatic heterocycles. The van der Waals surface area contributed by atoms with Crippen LogP contribution in [0.25, 0.3) is 0 Å². The van der Waals surface area contributed by atoms with Crippen LogP contribution in [0.15, 0.2) is 0 Å². The average Bonchev–Trinajstić information content (AvgIpc) is 2.09. The van der Waals surface area contributed by atoms with Crippen molar-refractivity contribution >= 4 is 0 Å². The maximum absolute atomic E-state index is 5.82. The molecule has 0 rings (SSSR count). The minimum atomic E-state index is -0.0208. The third-order valence-corrected chi connectivity index (χ3v) is 2.22. The minimum Gasteiger partial charge on any atom is -0.374 e. The summed E-state index contributed by atoms with van der Waals surface area (Å²) in [6, 6.07) is 0. The molecule has 0 saturated carbocycles. The normalized spacial score (nSPS) is 12.4. The van der Waals surface area contributed by atoms with Crippen LogP contribution in [0.3, 0.4) is 0 Å². The second-order valence-electron chi connectivity index (χ2n) is 4.92. The van der Waals surface area contributed by atoms with Gasteiger partial charge in [-0.2, -0.15) is 0 Å². The standard InChI is InChI=1S/C12H27NO/c1-6-13-10-12(4,5)14-9-7-8-11(2)3/h11,13H,6-10H2,1-5H3. The summed E-state index contributed by atoms with van der Waals surface area (Å²) in [5.41, 5.74) is -0.0208. The molecule has 0 aromatic carbocycles. The first kappa shape index (κ1) is 13.9. The van der Waals surface area contributed by atoms with E-state index in [4.69, 9.17) is 4.74 Å². The van der Waals surface area contributed by atoms with Gasteiger partial charge in [0.2, 0.25) is 0 Å². The van der Waals surface area contributed by atoms with E-state index in [9.17, 15) is 0 Å². The van der Waals surface area contributed by atoms with Gasteiger partial charge in [0, 0.05) is 13.2 Å². The Bertz CT molecular complexity index is 132. The molecule has 86 valence electrons. The fraction of sp³-hybridized carbons (Fsp3) is 1.00. The van der Waals surface area contributed by atoms with E-state index in [2.05, 4.69) is 39.9 Å². The Hall–Kier alpha value is -0.0800.